The number of likely N-dealkylation sites (tertiary alicyclic amines) is 1. The molecule has 0 unspecified atom stereocenters. The van der Waals surface area contributed by atoms with Crippen LogP contribution in [0.25, 0.3) is 11.3 Å². The first-order valence-corrected chi connectivity index (χ1v) is 8.74. The van der Waals surface area contributed by atoms with Crippen LogP contribution in [0, 0.1) is 5.82 Å². The summed E-state index contributed by atoms with van der Waals surface area (Å²) in [6.07, 6.45) is 3.60. The fourth-order valence-corrected chi connectivity index (χ4v) is 3.52. The van der Waals surface area contributed by atoms with Crippen molar-refractivity contribution in [3.8, 4) is 17.1 Å². The van der Waals surface area contributed by atoms with Gasteiger partial charge in [-0.2, -0.15) is 0 Å². The molecule has 25 heavy (non-hydrogen) atoms. The summed E-state index contributed by atoms with van der Waals surface area (Å²) in [5, 5.41) is 0. The highest BCUT2D eigenvalue weighted by molar-refractivity contribution is 5.92. The number of nitrogens with two attached hydrogens (primary N) is 1. The maximum atomic E-state index is 14.3. The first kappa shape index (κ1) is 16.1. The second-order valence-electron chi connectivity index (χ2n) is 6.64. The van der Waals surface area contributed by atoms with Crippen molar-refractivity contribution >= 4 is 5.91 Å². The van der Waals surface area contributed by atoms with Crippen LogP contribution >= 0.6 is 0 Å². The van der Waals surface area contributed by atoms with Gasteiger partial charge in [0.05, 0.1) is 0 Å². The van der Waals surface area contributed by atoms with Gasteiger partial charge in [-0.15, -0.1) is 0 Å². The zero-order chi connectivity index (χ0) is 17.4. The third kappa shape index (κ3) is 3.02. The van der Waals surface area contributed by atoms with Gasteiger partial charge >= 0.3 is 0 Å². The molecule has 6 heteroatoms. The van der Waals surface area contributed by atoms with Crippen molar-refractivity contribution in [2.45, 2.75) is 31.8 Å². The SMILES string of the molecule is NC[C@@H]1Cc2cc(-c3ccc(C(=O)N4CCCCC4)o3)cc(F)c2O1. The highest BCUT2D eigenvalue weighted by atomic mass is 19.1. The third-order valence-electron chi connectivity index (χ3n) is 4.86. The number of rotatable bonds is 3. The van der Waals surface area contributed by atoms with Crippen molar-refractivity contribution in [2.75, 3.05) is 19.6 Å². The molecule has 4 rings (SSSR count). The van der Waals surface area contributed by atoms with E-state index in [1.807, 2.05) is 11.0 Å². The molecule has 1 saturated heterocycles. The van der Waals surface area contributed by atoms with Gasteiger partial charge < -0.3 is 19.8 Å². The lowest BCUT2D eigenvalue weighted by Gasteiger charge is -2.25. The molecular formula is C19H21FN2O3. The van der Waals surface area contributed by atoms with Crippen molar-refractivity contribution < 1.29 is 18.3 Å². The number of furan rings is 1. The smallest absolute Gasteiger partial charge is 0.289 e. The van der Waals surface area contributed by atoms with Gasteiger partial charge in [-0.25, -0.2) is 4.39 Å². The van der Waals surface area contributed by atoms with E-state index in [-0.39, 0.29) is 17.8 Å². The van der Waals surface area contributed by atoms with Crippen molar-refractivity contribution in [1.29, 1.82) is 0 Å². The van der Waals surface area contributed by atoms with Gasteiger partial charge in [0.25, 0.3) is 5.91 Å². The first-order valence-electron chi connectivity index (χ1n) is 8.74. The topological polar surface area (TPSA) is 68.7 Å². The Morgan fingerprint density at radius 3 is 2.80 bits per heavy atom. The molecule has 2 aromatic rings. The van der Waals surface area contributed by atoms with Gasteiger partial charge in [-0.05, 0) is 43.5 Å². The number of nitrogens with zero attached hydrogens (tertiary/aromatic N) is 1. The second-order valence-corrected chi connectivity index (χ2v) is 6.64. The van der Waals surface area contributed by atoms with Crippen LogP contribution in [0.2, 0.25) is 0 Å². The number of halogens is 1. The average molecular weight is 344 g/mol. The van der Waals surface area contributed by atoms with Crippen molar-refractivity contribution in [2.24, 2.45) is 5.73 Å². The first-order chi connectivity index (χ1) is 12.2. The van der Waals surface area contributed by atoms with Crippen LogP contribution in [0.3, 0.4) is 0 Å². The number of benzene rings is 1. The number of ether oxygens (including phenoxy) is 1. The number of hydrogen-bond acceptors (Lipinski definition) is 4. The highest BCUT2D eigenvalue weighted by Gasteiger charge is 2.27. The van der Waals surface area contributed by atoms with E-state index in [0.29, 0.717) is 30.0 Å². The molecule has 1 fully saturated rings. The lowest BCUT2D eigenvalue weighted by Crippen LogP contribution is -2.35. The van der Waals surface area contributed by atoms with E-state index in [9.17, 15) is 9.18 Å². The largest absolute Gasteiger partial charge is 0.485 e. The summed E-state index contributed by atoms with van der Waals surface area (Å²) in [4.78, 5) is 14.3. The molecule has 1 atom stereocenters. The predicted octanol–water partition coefficient (Wildman–Crippen LogP) is 2.97. The molecule has 0 aliphatic carbocycles. The van der Waals surface area contributed by atoms with E-state index in [4.69, 9.17) is 14.9 Å². The van der Waals surface area contributed by atoms with Crippen LogP contribution in [0.5, 0.6) is 5.75 Å². The van der Waals surface area contributed by atoms with Crippen LogP contribution < -0.4 is 10.5 Å². The Bertz CT molecular complexity index is 796. The summed E-state index contributed by atoms with van der Waals surface area (Å²) in [5.41, 5.74) is 7.00. The second kappa shape index (κ2) is 6.52. The number of piperidine rings is 1. The molecule has 1 aromatic heterocycles. The van der Waals surface area contributed by atoms with E-state index in [2.05, 4.69) is 0 Å². The normalized spacial score (nSPS) is 19.6. The van der Waals surface area contributed by atoms with Gasteiger partial charge in [0.2, 0.25) is 0 Å². The van der Waals surface area contributed by atoms with Gasteiger partial charge in [-0.3, -0.25) is 4.79 Å². The molecule has 132 valence electrons. The zero-order valence-electron chi connectivity index (χ0n) is 14.0. The van der Waals surface area contributed by atoms with Crippen LogP contribution in [0.4, 0.5) is 4.39 Å². The van der Waals surface area contributed by atoms with E-state index in [0.717, 1.165) is 37.9 Å². The molecule has 0 spiro atoms. The molecule has 1 aromatic carbocycles. The summed E-state index contributed by atoms with van der Waals surface area (Å²) < 4.78 is 25.6. The lowest BCUT2D eigenvalue weighted by atomic mass is 10.0. The quantitative estimate of drug-likeness (QED) is 0.929. The molecule has 2 N–H and O–H groups in total. The molecule has 5 nitrogen and oxygen atoms in total. The Balaban J connectivity index is 1.58. The summed E-state index contributed by atoms with van der Waals surface area (Å²) >= 11 is 0. The Kier molecular flexibility index (Phi) is 4.21. The molecule has 2 aliphatic heterocycles. The third-order valence-corrected chi connectivity index (χ3v) is 4.86. The van der Waals surface area contributed by atoms with Crippen molar-refractivity contribution in [3.05, 3.63) is 41.4 Å². The van der Waals surface area contributed by atoms with E-state index in [1.54, 1.807) is 12.1 Å². The number of carbonyl (C=O) groups is 1. The fraction of sp³-hybridized carbons (Fsp3) is 0.421. The average Bonchev–Trinajstić information content (AvgIpc) is 3.29. The van der Waals surface area contributed by atoms with E-state index in [1.165, 1.54) is 6.07 Å². The van der Waals surface area contributed by atoms with Crippen LogP contribution in [-0.2, 0) is 6.42 Å². The molecule has 0 bridgehead atoms. The molecular weight excluding hydrogens is 323 g/mol. The number of hydrogen-bond donors (Lipinski definition) is 1. The Morgan fingerprint density at radius 1 is 1.24 bits per heavy atom. The van der Waals surface area contributed by atoms with Gasteiger partial charge in [0.1, 0.15) is 11.9 Å². The van der Waals surface area contributed by atoms with Gasteiger partial charge in [-0.1, -0.05) is 0 Å². The lowest BCUT2D eigenvalue weighted by molar-refractivity contribution is 0.0693. The molecule has 1 amide bonds. The Hall–Kier alpha value is -2.34. The number of fused-ring (bicyclic) bond motifs is 1. The molecule has 0 radical (unpaired) electrons. The summed E-state index contributed by atoms with van der Waals surface area (Å²) in [5.74, 6) is 0.533. The minimum absolute atomic E-state index is 0.0980. The summed E-state index contributed by atoms with van der Waals surface area (Å²) in [6, 6.07) is 6.61. The van der Waals surface area contributed by atoms with Gasteiger partial charge in [0.15, 0.2) is 17.3 Å². The highest BCUT2D eigenvalue weighted by Crippen LogP contribution is 2.36. The monoisotopic (exact) mass is 344 g/mol. The maximum absolute atomic E-state index is 14.3. The standard InChI is InChI=1S/C19H21FN2O3/c20-15-10-12(8-13-9-14(11-21)24-18(13)15)16-4-5-17(25-16)19(23)22-6-2-1-3-7-22/h4-5,8,10,14H,1-3,6-7,9,11,21H2/t14-/m0/s1. The number of amides is 1. The van der Waals surface area contributed by atoms with Crippen LogP contribution in [0.1, 0.15) is 35.4 Å². The molecule has 2 aliphatic rings. The summed E-state index contributed by atoms with van der Waals surface area (Å²) in [6.45, 7) is 1.87. The Morgan fingerprint density at radius 2 is 2.04 bits per heavy atom. The minimum Gasteiger partial charge on any atom is -0.485 e. The van der Waals surface area contributed by atoms with Crippen molar-refractivity contribution in [3.63, 3.8) is 0 Å². The number of carbonyl (C=O) groups excluding carboxylic acids is 1. The van der Waals surface area contributed by atoms with Crippen molar-refractivity contribution in [1.82, 2.24) is 4.90 Å². The zero-order valence-corrected chi connectivity index (χ0v) is 14.0. The predicted molar refractivity (Wildman–Crippen MR) is 91.0 cm³/mol. The Labute approximate surface area is 145 Å². The van der Waals surface area contributed by atoms with Gasteiger partial charge in [0, 0.05) is 37.2 Å². The molecule has 0 saturated carbocycles. The maximum Gasteiger partial charge on any atom is 0.289 e. The molecule has 3 heterocycles. The van der Waals surface area contributed by atoms with E-state index < -0.39 is 5.82 Å². The van der Waals surface area contributed by atoms with E-state index >= 15 is 0 Å². The van der Waals surface area contributed by atoms with Crippen LogP contribution in [0.15, 0.2) is 28.7 Å². The van der Waals surface area contributed by atoms with Crippen LogP contribution in [-0.4, -0.2) is 36.5 Å². The summed E-state index contributed by atoms with van der Waals surface area (Å²) in [7, 11) is 0. The fourth-order valence-electron chi connectivity index (χ4n) is 3.52. The minimum atomic E-state index is -0.427.